The Morgan fingerprint density at radius 1 is 0.842 bits per heavy atom. The van der Waals surface area contributed by atoms with Crippen molar-refractivity contribution < 1.29 is 22.8 Å². The average Bonchev–Trinajstić information content (AvgIpc) is 2.93. The highest BCUT2D eigenvalue weighted by atomic mass is 19.4. The van der Waals surface area contributed by atoms with E-state index in [2.05, 4.69) is 15.6 Å². The van der Waals surface area contributed by atoms with Crippen LogP contribution >= 0.6 is 0 Å². The number of anilines is 2. The van der Waals surface area contributed by atoms with Gasteiger partial charge in [0.1, 0.15) is 5.82 Å². The molecule has 0 saturated heterocycles. The first kappa shape index (κ1) is 25.0. The third-order valence-corrected chi connectivity index (χ3v) is 6.36. The SMILES string of the molecule is O=C(Nc1ccc2c(c1)CCN(C(=O)Nc1ccccn1)C2)c1ccccc1-c1ccc(C(F)(F)F)cc1. The van der Waals surface area contributed by atoms with E-state index < -0.39 is 11.7 Å². The van der Waals surface area contributed by atoms with Crippen molar-refractivity contribution in [1.29, 1.82) is 0 Å². The molecule has 4 aromatic rings. The van der Waals surface area contributed by atoms with Crippen LogP contribution in [0.15, 0.2) is 91.1 Å². The zero-order valence-electron chi connectivity index (χ0n) is 20.1. The number of fused-ring (bicyclic) bond motifs is 1. The predicted molar refractivity (Wildman–Crippen MR) is 139 cm³/mol. The molecule has 38 heavy (non-hydrogen) atoms. The van der Waals surface area contributed by atoms with Crippen LogP contribution in [0.4, 0.5) is 29.5 Å². The molecule has 5 rings (SSSR count). The number of urea groups is 1. The van der Waals surface area contributed by atoms with Crippen molar-refractivity contribution in [3.8, 4) is 11.1 Å². The molecule has 0 saturated carbocycles. The number of aromatic nitrogens is 1. The highest BCUT2D eigenvalue weighted by Gasteiger charge is 2.30. The summed E-state index contributed by atoms with van der Waals surface area (Å²) in [6, 6.07) is 22.1. The van der Waals surface area contributed by atoms with Gasteiger partial charge in [0, 0.05) is 30.5 Å². The number of halogens is 3. The molecule has 1 aromatic heterocycles. The van der Waals surface area contributed by atoms with Crippen LogP contribution in [-0.4, -0.2) is 28.4 Å². The number of benzene rings is 3. The normalized spacial score (nSPS) is 13.0. The molecule has 1 aliphatic heterocycles. The Labute approximate surface area is 217 Å². The second-order valence-electron chi connectivity index (χ2n) is 8.87. The van der Waals surface area contributed by atoms with Crippen molar-refractivity contribution in [2.24, 2.45) is 0 Å². The van der Waals surface area contributed by atoms with E-state index in [0.29, 0.717) is 47.7 Å². The molecule has 0 atom stereocenters. The summed E-state index contributed by atoms with van der Waals surface area (Å²) in [7, 11) is 0. The second kappa shape index (κ2) is 10.4. The van der Waals surface area contributed by atoms with Crippen LogP contribution in [0.3, 0.4) is 0 Å². The zero-order valence-corrected chi connectivity index (χ0v) is 20.1. The highest BCUT2D eigenvalue weighted by Crippen LogP contribution is 2.32. The maximum atomic E-state index is 13.2. The summed E-state index contributed by atoms with van der Waals surface area (Å²) >= 11 is 0. The molecule has 1 aliphatic rings. The number of pyridine rings is 1. The average molecular weight is 517 g/mol. The van der Waals surface area contributed by atoms with Crippen LogP contribution in [0.25, 0.3) is 11.1 Å². The minimum atomic E-state index is -4.43. The maximum absolute atomic E-state index is 13.2. The number of hydrogen-bond donors (Lipinski definition) is 2. The number of amides is 3. The lowest BCUT2D eigenvalue weighted by Crippen LogP contribution is -2.39. The Kier molecular flexibility index (Phi) is 6.83. The van der Waals surface area contributed by atoms with Gasteiger partial charge in [0.05, 0.1) is 5.56 Å². The van der Waals surface area contributed by atoms with Gasteiger partial charge in [-0.05, 0) is 71.1 Å². The molecule has 0 aliphatic carbocycles. The maximum Gasteiger partial charge on any atom is 0.416 e. The van der Waals surface area contributed by atoms with E-state index in [0.717, 1.165) is 23.3 Å². The Balaban J connectivity index is 1.28. The molecule has 3 amide bonds. The van der Waals surface area contributed by atoms with Gasteiger partial charge in [0.2, 0.25) is 0 Å². The largest absolute Gasteiger partial charge is 0.416 e. The van der Waals surface area contributed by atoms with Gasteiger partial charge in [0.15, 0.2) is 0 Å². The lowest BCUT2D eigenvalue weighted by atomic mass is 9.97. The molecule has 2 heterocycles. The summed E-state index contributed by atoms with van der Waals surface area (Å²) in [5.74, 6) is 0.116. The number of nitrogens with zero attached hydrogens (tertiary/aromatic N) is 2. The van der Waals surface area contributed by atoms with Gasteiger partial charge >= 0.3 is 12.2 Å². The van der Waals surface area contributed by atoms with Gasteiger partial charge in [-0.1, -0.05) is 42.5 Å². The number of hydrogen-bond acceptors (Lipinski definition) is 3. The summed E-state index contributed by atoms with van der Waals surface area (Å²) in [6.45, 7) is 0.943. The third kappa shape index (κ3) is 5.51. The van der Waals surface area contributed by atoms with Crippen LogP contribution in [0.5, 0.6) is 0 Å². The third-order valence-electron chi connectivity index (χ3n) is 6.36. The summed E-state index contributed by atoms with van der Waals surface area (Å²) in [4.78, 5) is 31.6. The van der Waals surface area contributed by atoms with Crippen LogP contribution in [0, 0.1) is 0 Å². The number of nitrogens with one attached hydrogen (secondary N) is 2. The van der Waals surface area contributed by atoms with Crippen LogP contribution in [0.1, 0.15) is 27.0 Å². The Morgan fingerprint density at radius 3 is 2.34 bits per heavy atom. The smallest absolute Gasteiger partial charge is 0.322 e. The number of carbonyl (C=O) groups excluding carboxylic acids is 2. The highest BCUT2D eigenvalue weighted by molar-refractivity contribution is 6.08. The fraction of sp³-hybridized carbons (Fsp3) is 0.138. The van der Waals surface area contributed by atoms with E-state index in [-0.39, 0.29) is 11.9 Å². The number of carbonyl (C=O) groups is 2. The molecule has 0 spiro atoms. The van der Waals surface area contributed by atoms with Crippen molar-refractivity contribution in [3.05, 3.63) is 113 Å². The Bertz CT molecular complexity index is 1470. The Hall–Kier alpha value is -4.66. The summed E-state index contributed by atoms with van der Waals surface area (Å²) in [5.41, 5.74) is 3.26. The fourth-order valence-corrected chi connectivity index (χ4v) is 4.40. The first-order valence-electron chi connectivity index (χ1n) is 11.9. The molecule has 0 bridgehead atoms. The number of alkyl halides is 3. The minimum Gasteiger partial charge on any atom is -0.322 e. The lowest BCUT2D eigenvalue weighted by Gasteiger charge is -2.29. The first-order chi connectivity index (χ1) is 18.3. The molecule has 0 radical (unpaired) electrons. The summed E-state index contributed by atoms with van der Waals surface area (Å²) in [6.07, 6.45) is -2.20. The van der Waals surface area contributed by atoms with Gasteiger partial charge in [-0.25, -0.2) is 9.78 Å². The Morgan fingerprint density at radius 2 is 1.61 bits per heavy atom. The van der Waals surface area contributed by atoms with Gasteiger partial charge in [0.25, 0.3) is 5.91 Å². The summed E-state index contributed by atoms with van der Waals surface area (Å²) < 4.78 is 38.9. The topological polar surface area (TPSA) is 74.3 Å². The van der Waals surface area contributed by atoms with Gasteiger partial charge in [-0.3, -0.25) is 10.1 Å². The van der Waals surface area contributed by atoms with E-state index >= 15 is 0 Å². The fourth-order valence-electron chi connectivity index (χ4n) is 4.40. The van der Waals surface area contributed by atoms with Gasteiger partial charge in [-0.2, -0.15) is 13.2 Å². The minimum absolute atomic E-state index is 0.230. The van der Waals surface area contributed by atoms with E-state index in [4.69, 9.17) is 0 Å². The first-order valence-corrected chi connectivity index (χ1v) is 11.9. The van der Waals surface area contributed by atoms with Crippen molar-refractivity contribution in [3.63, 3.8) is 0 Å². The van der Waals surface area contributed by atoms with Gasteiger partial charge in [-0.15, -0.1) is 0 Å². The van der Waals surface area contributed by atoms with Crippen LogP contribution < -0.4 is 10.6 Å². The molecule has 192 valence electrons. The van der Waals surface area contributed by atoms with Crippen molar-refractivity contribution >= 4 is 23.4 Å². The zero-order chi connectivity index (χ0) is 26.7. The van der Waals surface area contributed by atoms with Crippen LogP contribution in [-0.2, 0) is 19.1 Å². The van der Waals surface area contributed by atoms with Crippen molar-refractivity contribution in [2.75, 3.05) is 17.2 Å². The molecule has 6 nitrogen and oxygen atoms in total. The van der Waals surface area contributed by atoms with E-state index in [1.807, 2.05) is 12.1 Å². The number of rotatable bonds is 4. The van der Waals surface area contributed by atoms with Crippen LogP contribution in [0.2, 0.25) is 0 Å². The van der Waals surface area contributed by atoms with Crippen molar-refractivity contribution in [2.45, 2.75) is 19.1 Å². The molecule has 3 aromatic carbocycles. The molecule has 2 N–H and O–H groups in total. The molecular formula is C29H23F3N4O2. The molecule has 0 unspecified atom stereocenters. The lowest BCUT2D eigenvalue weighted by molar-refractivity contribution is -0.137. The van der Waals surface area contributed by atoms with E-state index in [1.165, 1.54) is 12.1 Å². The predicted octanol–water partition coefficient (Wildman–Crippen LogP) is 6.61. The molecule has 0 fully saturated rings. The van der Waals surface area contributed by atoms with E-state index in [9.17, 15) is 22.8 Å². The summed E-state index contributed by atoms with van der Waals surface area (Å²) in [5, 5.41) is 5.69. The second-order valence-corrected chi connectivity index (χ2v) is 8.87. The van der Waals surface area contributed by atoms with Crippen molar-refractivity contribution in [1.82, 2.24) is 9.88 Å². The monoisotopic (exact) mass is 516 g/mol. The quantitative estimate of drug-likeness (QED) is 0.321. The molecule has 9 heteroatoms. The van der Waals surface area contributed by atoms with E-state index in [1.54, 1.807) is 59.6 Å². The standard InChI is InChI=1S/C29H23F3N4O2/c30-29(31,32)22-11-8-19(9-12-22)24-5-1-2-6-25(24)27(37)34-23-13-10-21-18-36(16-14-20(21)17-23)28(38)35-26-7-3-4-15-33-26/h1-13,15,17H,14,16,18H2,(H,34,37)(H,33,35,38). The van der Waals surface area contributed by atoms with Gasteiger partial charge < -0.3 is 10.2 Å². The molecular weight excluding hydrogens is 493 g/mol.